The van der Waals surface area contributed by atoms with E-state index >= 15 is 0 Å². The van der Waals surface area contributed by atoms with Crippen molar-refractivity contribution in [3.63, 3.8) is 0 Å². The Morgan fingerprint density at radius 1 is 1.12 bits per heavy atom. The third-order valence-corrected chi connectivity index (χ3v) is 4.52. The fraction of sp³-hybridized carbons (Fsp3) is 0.263. The number of urea groups is 1. The normalized spacial score (nSPS) is 14.7. The number of anilines is 1. The van der Waals surface area contributed by atoms with Crippen LogP contribution in [0.2, 0.25) is 5.02 Å². The van der Waals surface area contributed by atoms with Gasteiger partial charge in [0.05, 0.1) is 11.6 Å². The molecule has 0 bridgehead atoms. The van der Waals surface area contributed by atoms with Crippen LogP contribution in [0.5, 0.6) is 11.5 Å². The van der Waals surface area contributed by atoms with Crippen molar-refractivity contribution in [3.8, 4) is 11.5 Å². The average Bonchev–Trinajstić information content (AvgIpc) is 2.65. The molecule has 0 spiro atoms. The summed E-state index contributed by atoms with van der Waals surface area (Å²) in [7, 11) is 0. The summed E-state index contributed by atoms with van der Waals surface area (Å²) in [6, 6.07) is 13.9. The van der Waals surface area contributed by atoms with Gasteiger partial charge in [-0.25, -0.2) is 4.79 Å². The molecule has 26 heavy (non-hydrogen) atoms. The lowest BCUT2D eigenvalue weighted by Crippen LogP contribution is -2.42. The summed E-state index contributed by atoms with van der Waals surface area (Å²) in [5.74, 6) is -0.0670. The Balaban J connectivity index is 1.70. The number of nitrogens with zero attached hydrogens (tertiary/aromatic N) is 1. The molecule has 2 aromatic rings. The molecule has 1 heterocycles. The first-order chi connectivity index (χ1) is 12.5. The monoisotopic (exact) mass is 374 g/mol. The van der Waals surface area contributed by atoms with Gasteiger partial charge in [0.2, 0.25) is 0 Å². The molecule has 136 valence electrons. The van der Waals surface area contributed by atoms with E-state index in [4.69, 9.17) is 21.4 Å². The zero-order valence-corrected chi connectivity index (χ0v) is 14.8. The van der Waals surface area contributed by atoms with Gasteiger partial charge < -0.3 is 20.1 Å². The van der Waals surface area contributed by atoms with Crippen molar-refractivity contribution in [2.75, 3.05) is 18.4 Å². The minimum Gasteiger partial charge on any atom is -0.481 e. The van der Waals surface area contributed by atoms with E-state index in [2.05, 4.69) is 5.32 Å². The number of amides is 2. The number of hydrogen-bond acceptors (Lipinski definition) is 3. The van der Waals surface area contributed by atoms with Crippen molar-refractivity contribution >= 4 is 29.3 Å². The molecule has 0 radical (unpaired) electrons. The molecule has 1 aliphatic rings. The molecule has 2 aromatic carbocycles. The van der Waals surface area contributed by atoms with E-state index in [0.717, 1.165) is 0 Å². The number of aliphatic carboxylic acids is 1. The molecule has 3 rings (SSSR count). The Bertz CT molecular complexity index is 789. The van der Waals surface area contributed by atoms with Crippen LogP contribution in [0.25, 0.3) is 0 Å². The largest absolute Gasteiger partial charge is 0.481 e. The smallest absolute Gasteiger partial charge is 0.321 e. The third-order valence-electron chi connectivity index (χ3n) is 4.29. The highest BCUT2D eigenvalue weighted by molar-refractivity contribution is 6.31. The fourth-order valence-electron chi connectivity index (χ4n) is 2.83. The predicted octanol–water partition coefficient (Wildman–Crippen LogP) is 4.46. The number of carboxylic acids is 1. The zero-order chi connectivity index (χ0) is 18.5. The molecule has 1 saturated heterocycles. The molecule has 0 atom stereocenters. The lowest BCUT2D eigenvalue weighted by Gasteiger charge is -2.30. The second kappa shape index (κ2) is 8.10. The van der Waals surface area contributed by atoms with Crippen molar-refractivity contribution in [3.05, 3.63) is 53.6 Å². The van der Waals surface area contributed by atoms with Crippen LogP contribution in [0, 0.1) is 5.92 Å². The summed E-state index contributed by atoms with van der Waals surface area (Å²) >= 11 is 6.06. The number of carboxylic acid groups (broad SMARTS) is 1. The number of rotatable bonds is 4. The van der Waals surface area contributed by atoms with E-state index in [0.29, 0.717) is 48.1 Å². The van der Waals surface area contributed by atoms with Gasteiger partial charge in [-0.15, -0.1) is 0 Å². The van der Waals surface area contributed by atoms with Gasteiger partial charge in [-0.2, -0.15) is 0 Å². The number of ether oxygens (including phenoxy) is 1. The molecule has 0 unspecified atom stereocenters. The number of carbonyl (C=O) groups excluding carboxylic acids is 1. The number of hydrogen-bond donors (Lipinski definition) is 2. The quantitative estimate of drug-likeness (QED) is 0.828. The van der Waals surface area contributed by atoms with E-state index in [1.54, 1.807) is 23.1 Å². The number of likely N-dealkylation sites (tertiary alicyclic amines) is 1. The molecule has 2 N–H and O–H groups in total. The van der Waals surface area contributed by atoms with Crippen molar-refractivity contribution in [2.45, 2.75) is 12.8 Å². The van der Waals surface area contributed by atoms with Crippen molar-refractivity contribution in [1.29, 1.82) is 0 Å². The number of carbonyl (C=O) groups is 2. The van der Waals surface area contributed by atoms with E-state index in [1.807, 2.05) is 30.3 Å². The first-order valence-corrected chi connectivity index (χ1v) is 8.72. The number of halogens is 1. The van der Waals surface area contributed by atoms with Gasteiger partial charge in [-0.1, -0.05) is 29.8 Å². The zero-order valence-electron chi connectivity index (χ0n) is 14.0. The summed E-state index contributed by atoms with van der Waals surface area (Å²) in [4.78, 5) is 25.2. The van der Waals surface area contributed by atoms with Crippen molar-refractivity contribution in [1.82, 2.24) is 4.90 Å². The molecule has 7 heteroatoms. The van der Waals surface area contributed by atoms with Crippen LogP contribution in [0.3, 0.4) is 0 Å². The van der Waals surface area contributed by atoms with Crippen LogP contribution in [0.15, 0.2) is 48.5 Å². The SMILES string of the molecule is O=C(O)C1CCN(C(=O)Nc2cc(Cl)ccc2Oc2ccccc2)CC1. The maximum atomic E-state index is 12.5. The van der Waals surface area contributed by atoms with Crippen LogP contribution in [-0.4, -0.2) is 35.1 Å². The predicted molar refractivity (Wildman–Crippen MR) is 98.9 cm³/mol. The minimum absolute atomic E-state index is 0.297. The highest BCUT2D eigenvalue weighted by Gasteiger charge is 2.27. The van der Waals surface area contributed by atoms with E-state index in [1.165, 1.54) is 0 Å². The number of para-hydroxylation sites is 1. The lowest BCUT2D eigenvalue weighted by molar-refractivity contribution is -0.143. The van der Waals surface area contributed by atoms with Gasteiger partial charge in [-0.05, 0) is 43.2 Å². The molecule has 1 fully saturated rings. The Kier molecular flexibility index (Phi) is 5.63. The van der Waals surface area contributed by atoms with Gasteiger partial charge in [0.25, 0.3) is 0 Å². The summed E-state index contributed by atoms with van der Waals surface area (Å²) in [6.07, 6.45) is 0.900. The van der Waals surface area contributed by atoms with Crippen LogP contribution in [0.1, 0.15) is 12.8 Å². The van der Waals surface area contributed by atoms with Gasteiger partial charge in [0.15, 0.2) is 5.75 Å². The van der Waals surface area contributed by atoms with Crippen LogP contribution < -0.4 is 10.1 Å². The minimum atomic E-state index is -0.807. The van der Waals surface area contributed by atoms with Gasteiger partial charge in [-0.3, -0.25) is 4.79 Å². The van der Waals surface area contributed by atoms with Crippen molar-refractivity contribution < 1.29 is 19.4 Å². The first kappa shape index (κ1) is 18.1. The highest BCUT2D eigenvalue weighted by Crippen LogP contribution is 2.32. The Labute approximate surface area is 156 Å². The Morgan fingerprint density at radius 3 is 2.46 bits per heavy atom. The fourth-order valence-corrected chi connectivity index (χ4v) is 3.00. The summed E-state index contributed by atoms with van der Waals surface area (Å²) in [6.45, 7) is 0.802. The highest BCUT2D eigenvalue weighted by atomic mass is 35.5. The topological polar surface area (TPSA) is 78.9 Å². The maximum Gasteiger partial charge on any atom is 0.321 e. The van der Waals surface area contributed by atoms with Crippen LogP contribution >= 0.6 is 11.6 Å². The molecule has 0 saturated carbocycles. The maximum absolute atomic E-state index is 12.5. The van der Waals surface area contributed by atoms with Gasteiger partial charge in [0, 0.05) is 18.1 Å². The molecule has 0 aromatic heterocycles. The summed E-state index contributed by atoms with van der Waals surface area (Å²) < 4.78 is 5.83. The molecule has 0 aliphatic carbocycles. The summed E-state index contributed by atoms with van der Waals surface area (Å²) in [5.41, 5.74) is 0.465. The van der Waals surface area contributed by atoms with Gasteiger partial charge >= 0.3 is 12.0 Å². The summed E-state index contributed by atoms with van der Waals surface area (Å²) in [5, 5.41) is 12.3. The Morgan fingerprint density at radius 2 is 1.81 bits per heavy atom. The number of benzene rings is 2. The average molecular weight is 375 g/mol. The number of nitrogens with one attached hydrogen (secondary N) is 1. The van der Waals surface area contributed by atoms with Crippen LogP contribution in [0.4, 0.5) is 10.5 Å². The first-order valence-electron chi connectivity index (χ1n) is 8.34. The molecular formula is C19H19ClN2O4. The Hall–Kier alpha value is -2.73. The second-order valence-electron chi connectivity index (χ2n) is 6.09. The number of piperidine rings is 1. The lowest BCUT2D eigenvalue weighted by atomic mass is 9.97. The molecular weight excluding hydrogens is 356 g/mol. The molecule has 1 aliphatic heterocycles. The molecule has 6 nitrogen and oxygen atoms in total. The third kappa shape index (κ3) is 4.46. The van der Waals surface area contributed by atoms with E-state index in [9.17, 15) is 9.59 Å². The van der Waals surface area contributed by atoms with Crippen molar-refractivity contribution in [2.24, 2.45) is 5.92 Å². The second-order valence-corrected chi connectivity index (χ2v) is 6.52. The molecule has 2 amide bonds. The van der Waals surface area contributed by atoms with Gasteiger partial charge in [0.1, 0.15) is 5.75 Å². The standard InChI is InChI=1S/C19H19ClN2O4/c20-14-6-7-17(26-15-4-2-1-3-5-15)16(12-14)21-19(25)22-10-8-13(9-11-22)18(23)24/h1-7,12-13H,8-11H2,(H,21,25)(H,23,24). The van der Waals surface area contributed by atoms with E-state index in [-0.39, 0.29) is 11.9 Å². The van der Waals surface area contributed by atoms with Crippen LogP contribution in [-0.2, 0) is 4.79 Å². The van der Waals surface area contributed by atoms with E-state index < -0.39 is 5.97 Å².